The highest BCUT2D eigenvalue weighted by molar-refractivity contribution is 5.85. The van der Waals surface area contributed by atoms with Gasteiger partial charge in [0.25, 0.3) is 0 Å². The Hall–Kier alpha value is -2.66. The smallest absolute Gasteiger partial charge is 0.345 e. The molecule has 30 heavy (non-hydrogen) atoms. The van der Waals surface area contributed by atoms with Crippen LogP contribution in [0, 0.1) is 10.8 Å². The van der Waals surface area contributed by atoms with Crippen molar-refractivity contribution in [3.63, 3.8) is 0 Å². The maximum Gasteiger partial charge on any atom is 0.345 e. The third kappa shape index (κ3) is 3.31. The monoisotopic (exact) mass is 405 g/mol. The number of phenols is 1. The molecule has 2 aromatic heterocycles. The van der Waals surface area contributed by atoms with Crippen LogP contribution in [-0.2, 0) is 6.54 Å². The third-order valence-electron chi connectivity index (χ3n) is 7.00. The largest absolute Gasteiger partial charge is 0.507 e. The molecule has 2 fully saturated rings. The minimum Gasteiger partial charge on any atom is -0.507 e. The van der Waals surface area contributed by atoms with Crippen molar-refractivity contribution in [3.8, 4) is 17.0 Å². The van der Waals surface area contributed by atoms with Crippen molar-refractivity contribution in [2.75, 3.05) is 6.54 Å². The number of nitrogens with zero attached hydrogens (tertiary/aromatic N) is 1. The summed E-state index contributed by atoms with van der Waals surface area (Å²) in [6.45, 7) is 8.90. The Bertz CT molecular complexity index is 1170. The van der Waals surface area contributed by atoms with Gasteiger partial charge in [0.2, 0.25) is 0 Å². The summed E-state index contributed by atoms with van der Waals surface area (Å²) in [5.41, 5.74) is 2.55. The minimum atomic E-state index is -0.420. The highest BCUT2D eigenvalue weighted by Crippen LogP contribution is 2.47. The van der Waals surface area contributed by atoms with Crippen molar-refractivity contribution in [1.29, 1.82) is 0 Å². The first-order valence-electron chi connectivity index (χ1n) is 10.8. The molecule has 0 amide bonds. The Morgan fingerprint density at radius 1 is 1.20 bits per heavy atom. The molecule has 5 rings (SSSR count). The van der Waals surface area contributed by atoms with Gasteiger partial charge in [-0.3, -0.25) is 4.98 Å². The first-order valence-corrected chi connectivity index (χ1v) is 10.8. The van der Waals surface area contributed by atoms with Crippen LogP contribution >= 0.6 is 0 Å². The number of phenolic OH excluding ortho intramolecular Hbond substituents is 1. The van der Waals surface area contributed by atoms with Gasteiger partial charge in [-0.25, -0.2) is 4.79 Å². The van der Waals surface area contributed by atoms with Crippen molar-refractivity contribution in [2.24, 2.45) is 10.8 Å². The number of benzene rings is 1. The number of hydrogen-bond donors (Lipinski definition) is 2. The zero-order chi connectivity index (χ0) is 21.1. The van der Waals surface area contributed by atoms with E-state index in [9.17, 15) is 9.90 Å². The number of aromatic hydroxyl groups is 1. The second kappa shape index (κ2) is 6.67. The SMILES string of the molecule is CC1(C)C[C@@H]2C[C@@](C)(C[NH+]2Cc2c(O)ccc3cc(-c4ccccn4)c(=O)oc23)C1. The fourth-order valence-electron chi connectivity index (χ4n) is 6.29. The first-order chi connectivity index (χ1) is 14.2. The van der Waals surface area contributed by atoms with Gasteiger partial charge in [-0.15, -0.1) is 0 Å². The summed E-state index contributed by atoms with van der Waals surface area (Å²) in [5.74, 6) is 0.203. The zero-order valence-electron chi connectivity index (χ0n) is 17.9. The Kier molecular flexibility index (Phi) is 4.30. The summed E-state index contributed by atoms with van der Waals surface area (Å²) in [4.78, 5) is 18.5. The van der Waals surface area contributed by atoms with Crippen LogP contribution in [0.2, 0.25) is 0 Å². The van der Waals surface area contributed by atoms with E-state index in [4.69, 9.17) is 4.42 Å². The van der Waals surface area contributed by atoms with Gasteiger partial charge in [0.15, 0.2) is 5.58 Å². The van der Waals surface area contributed by atoms with Crippen LogP contribution in [0.4, 0.5) is 0 Å². The second-order valence-electron chi connectivity index (χ2n) is 10.4. The summed E-state index contributed by atoms with van der Waals surface area (Å²) in [7, 11) is 0. The quantitative estimate of drug-likeness (QED) is 0.654. The average Bonchev–Trinajstić information content (AvgIpc) is 2.92. The molecule has 1 aliphatic carbocycles. The van der Waals surface area contributed by atoms with Gasteiger partial charge in [-0.05, 0) is 42.2 Å². The third-order valence-corrected chi connectivity index (χ3v) is 7.00. The number of rotatable bonds is 3. The van der Waals surface area contributed by atoms with Gasteiger partial charge >= 0.3 is 5.63 Å². The van der Waals surface area contributed by atoms with Gasteiger partial charge in [0.05, 0.1) is 29.4 Å². The molecule has 0 radical (unpaired) electrons. The number of pyridine rings is 1. The lowest BCUT2D eigenvalue weighted by Gasteiger charge is -2.37. The van der Waals surface area contributed by atoms with E-state index in [0.29, 0.717) is 40.3 Å². The summed E-state index contributed by atoms with van der Waals surface area (Å²) >= 11 is 0. The van der Waals surface area contributed by atoms with Crippen LogP contribution in [-0.4, -0.2) is 22.7 Å². The van der Waals surface area contributed by atoms with Gasteiger partial charge < -0.3 is 14.4 Å². The van der Waals surface area contributed by atoms with E-state index in [2.05, 4.69) is 25.8 Å². The predicted molar refractivity (Wildman–Crippen MR) is 116 cm³/mol. The Labute approximate surface area is 176 Å². The predicted octanol–water partition coefficient (Wildman–Crippen LogP) is 3.54. The molecule has 2 bridgehead atoms. The topological polar surface area (TPSA) is 67.8 Å². The van der Waals surface area contributed by atoms with Crippen LogP contribution in [0.5, 0.6) is 5.75 Å². The standard InChI is InChI=1S/C25H28N2O3/c1-24(2)11-17-12-25(3,14-24)15-27(17)13-19-21(28)8-7-16-10-18(23(29)30-22(16)19)20-6-4-5-9-26-20/h4-10,17,28H,11-15H2,1-3H3/p+1/t17-,25-/m1/s1. The maximum absolute atomic E-state index is 12.8. The lowest BCUT2D eigenvalue weighted by molar-refractivity contribution is -0.928. The van der Waals surface area contributed by atoms with E-state index < -0.39 is 5.63 Å². The van der Waals surface area contributed by atoms with Crippen LogP contribution in [0.3, 0.4) is 0 Å². The second-order valence-corrected chi connectivity index (χ2v) is 10.4. The van der Waals surface area contributed by atoms with Crippen LogP contribution in [0.1, 0.15) is 45.6 Å². The van der Waals surface area contributed by atoms with Gasteiger partial charge in [0.1, 0.15) is 12.3 Å². The summed E-state index contributed by atoms with van der Waals surface area (Å²) in [6.07, 6.45) is 5.32. The number of likely N-dealkylation sites (tertiary alicyclic amines) is 1. The van der Waals surface area contributed by atoms with E-state index in [1.165, 1.54) is 24.2 Å². The normalized spacial score (nSPS) is 27.4. The highest BCUT2D eigenvalue weighted by atomic mass is 16.4. The molecule has 3 aromatic rings. The molecule has 1 aromatic carbocycles. The molecule has 1 saturated heterocycles. The Balaban J connectivity index is 1.55. The molecule has 1 aliphatic heterocycles. The van der Waals surface area contributed by atoms with E-state index in [0.717, 1.165) is 17.5 Å². The lowest BCUT2D eigenvalue weighted by atomic mass is 9.65. The molecule has 5 heteroatoms. The fourth-order valence-corrected chi connectivity index (χ4v) is 6.29. The number of quaternary nitrogens is 1. The van der Waals surface area contributed by atoms with E-state index in [-0.39, 0.29) is 5.75 Å². The average molecular weight is 406 g/mol. The number of hydrogen-bond acceptors (Lipinski definition) is 4. The minimum absolute atomic E-state index is 0.203. The molecule has 5 nitrogen and oxygen atoms in total. The fraction of sp³-hybridized carbons (Fsp3) is 0.440. The molecule has 0 spiro atoms. The molecule has 3 atom stereocenters. The molecule has 2 aliphatic rings. The van der Waals surface area contributed by atoms with Crippen molar-refractivity contribution in [3.05, 3.63) is 58.6 Å². The molecule has 3 heterocycles. The molecule has 156 valence electrons. The maximum atomic E-state index is 12.8. The lowest BCUT2D eigenvalue weighted by Crippen LogP contribution is -3.12. The van der Waals surface area contributed by atoms with E-state index in [1.54, 1.807) is 18.3 Å². The molecular weight excluding hydrogens is 376 g/mol. The molecule has 2 N–H and O–H groups in total. The van der Waals surface area contributed by atoms with Crippen molar-refractivity contribution in [2.45, 2.75) is 52.6 Å². The summed E-state index contributed by atoms with van der Waals surface area (Å²) in [6, 6.07) is 11.4. The highest BCUT2D eigenvalue weighted by Gasteiger charge is 2.52. The molecule has 1 unspecified atom stereocenters. The van der Waals surface area contributed by atoms with Gasteiger partial charge in [0, 0.05) is 29.8 Å². The van der Waals surface area contributed by atoms with Crippen molar-refractivity contribution in [1.82, 2.24) is 4.98 Å². The van der Waals surface area contributed by atoms with E-state index >= 15 is 0 Å². The van der Waals surface area contributed by atoms with Gasteiger partial charge in [-0.2, -0.15) is 0 Å². The van der Waals surface area contributed by atoms with E-state index in [1.807, 2.05) is 24.3 Å². The number of fused-ring (bicyclic) bond motifs is 3. The Morgan fingerprint density at radius 3 is 2.80 bits per heavy atom. The van der Waals surface area contributed by atoms with Crippen LogP contribution < -0.4 is 10.5 Å². The van der Waals surface area contributed by atoms with Crippen LogP contribution in [0.25, 0.3) is 22.2 Å². The number of nitrogens with one attached hydrogen (secondary N) is 1. The number of aromatic nitrogens is 1. The van der Waals surface area contributed by atoms with Crippen LogP contribution in [0.15, 0.2) is 51.8 Å². The van der Waals surface area contributed by atoms with Gasteiger partial charge in [-0.1, -0.05) is 26.8 Å². The zero-order valence-corrected chi connectivity index (χ0v) is 17.9. The summed E-state index contributed by atoms with van der Waals surface area (Å²) in [5, 5.41) is 11.5. The molecule has 1 saturated carbocycles. The molecular formula is C25H29N2O3+. The summed E-state index contributed by atoms with van der Waals surface area (Å²) < 4.78 is 5.78. The first kappa shape index (κ1) is 19.3. The van der Waals surface area contributed by atoms with Crippen molar-refractivity contribution >= 4 is 11.0 Å². The van der Waals surface area contributed by atoms with Crippen molar-refractivity contribution < 1.29 is 14.4 Å². The Morgan fingerprint density at radius 2 is 2.03 bits per heavy atom.